The van der Waals surface area contributed by atoms with Gasteiger partial charge in [-0.3, -0.25) is 4.90 Å². The lowest BCUT2D eigenvalue weighted by atomic mass is 10.1. The van der Waals surface area contributed by atoms with Crippen LogP contribution in [0.25, 0.3) is 0 Å². The maximum absolute atomic E-state index is 3.84. The Balaban J connectivity index is 2.12. The van der Waals surface area contributed by atoms with E-state index >= 15 is 0 Å². The van der Waals surface area contributed by atoms with Crippen molar-refractivity contribution in [2.24, 2.45) is 0 Å². The van der Waals surface area contributed by atoms with Crippen LogP contribution in [0.1, 0.15) is 23.8 Å². The van der Waals surface area contributed by atoms with E-state index < -0.39 is 0 Å². The van der Waals surface area contributed by atoms with Crippen LogP contribution in [-0.2, 0) is 0 Å². The molecule has 1 N–H and O–H groups in total. The van der Waals surface area contributed by atoms with Crippen LogP contribution in [0.2, 0.25) is 0 Å². The van der Waals surface area contributed by atoms with Crippen LogP contribution >= 0.6 is 27.3 Å². The van der Waals surface area contributed by atoms with Crippen molar-refractivity contribution < 1.29 is 0 Å². The van der Waals surface area contributed by atoms with Crippen molar-refractivity contribution in [3.63, 3.8) is 0 Å². The van der Waals surface area contributed by atoms with E-state index in [0.717, 1.165) is 32.6 Å². The minimum absolute atomic E-state index is 0.546. The van der Waals surface area contributed by atoms with Crippen LogP contribution in [0.3, 0.4) is 0 Å². The summed E-state index contributed by atoms with van der Waals surface area (Å²) in [7, 11) is 0. The lowest BCUT2D eigenvalue weighted by Crippen LogP contribution is -2.45. The number of allylic oxidation sites excluding steroid dienone is 1. The third-order valence-electron chi connectivity index (χ3n) is 3.18. The van der Waals surface area contributed by atoms with Gasteiger partial charge < -0.3 is 5.32 Å². The molecule has 1 aliphatic rings. The molecule has 0 aliphatic carbocycles. The first-order valence-electron chi connectivity index (χ1n) is 6.11. The largest absolute Gasteiger partial charge is 0.314 e. The van der Waals surface area contributed by atoms with Crippen LogP contribution in [-0.4, -0.2) is 31.1 Å². The van der Waals surface area contributed by atoms with E-state index in [4.69, 9.17) is 0 Å². The molecular formula is C13H19BrN2S. The van der Waals surface area contributed by atoms with E-state index in [1.54, 1.807) is 0 Å². The van der Waals surface area contributed by atoms with E-state index in [-0.39, 0.29) is 0 Å². The van der Waals surface area contributed by atoms with Crippen LogP contribution in [0, 0.1) is 0 Å². The number of halogens is 1. The first-order chi connectivity index (χ1) is 8.33. The second-order valence-electron chi connectivity index (χ2n) is 4.30. The highest BCUT2D eigenvalue weighted by atomic mass is 79.9. The molecule has 1 aromatic rings. The maximum atomic E-state index is 3.84. The van der Waals surface area contributed by atoms with Gasteiger partial charge in [0, 0.05) is 41.6 Å². The summed E-state index contributed by atoms with van der Waals surface area (Å²) in [5.74, 6) is 0. The summed E-state index contributed by atoms with van der Waals surface area (Å²) in [5.41, 5.74) is 0. The Bertz CT molecular complexity index is 358. The lowest BCUT2D eigenvalue weighted by molar-refractivity contribution is 0.168. The van der Waals surface area contributed by atoms with Gasteiger partial charge in [0.1, 0.15) is 0 Å². The molecule has 2 nitrogen and oxygen atoms in total. The van der Waals surface area contributed by atoms with Gasteiger partial charge in [-0.15, -0.1) is 17.9 Å². The van der Waals surface area contributed by atoms with Gasteiger partial charge in [-0.25, -0.2) is 0 Å². The number of nitrogens with zero attached hydrogens (tertiary/aromatic N) is 1. The summed E-state index contributed by atoms with van der Waals surface area (Å²) >= 11 is 5.53. The molecule has 4 heteroatoms. The third kappa shape index (κ3) is 3.41. The van der Waals surface area contributed by atoms with Crippen LogP contribution in [0.4, 0.5) is 0 Å². The van der Waals surface area contributed by atoms with Crippen LogP contribution in [0.5, 0.6) is 0 Å². The predicted molar refractivity (Wildman–Crippen MR) is 78.6 cm³/mol. The molecule has 1 saturated heterocycles. The van der Waals surface area contributed by atoms with Gasteiger partial charge in [-0.1, -0.05) is 6.08 Å². The van der Waals surface area contributed by atoms with Gasteiger partial charge >= 0.3 is 0 Å². The van der Waals surface area contributed by atoms with E-state index in [1.807, 2.05) is 17.4 Å². The molecule has 0 spiro atoms. The summed E-state index contributed by atoms with van der Waals surface area (Å²) in [6, 6.07) is 2.70. The van der Waals surface area contributed by atoms with Crippen LogP contribution in [0.15, 0.2) is 28.6 Å². The second-order valence-corrected chi connectivity index (χ2v) is 6.10. The average Bonchev–Trinajstić information content (AvgIpc) is 2.78. The molecule has 2 rings (SSSR count). The van der Waals surface area contributed by atoms with Crippen molar-refractivity contribution in [2.75, 3.05) is 26.2 Å². The molecule has 94 valence electrons. The van der Waals surface area contributed by atoms with Gasteiger partial charge in [0.05, 0.1) is 0 Å². The van der Waals surface area contributed by atoms with Crippen molar-refractivity contribution in [1.82, 2.24) is 10.2 Å². The lowest BCUT2D eigenvalue weighted by Gasteiger charge is -2.34. The second kappa shape index (κ2) is 6.69. The topological polar surface area (TPSA) is 15.3 Å². The number of rotatable bonds is 5. The van der Waals surface area contributed by atoms with E-state index in [1.165, 1.54) is 15.8 Å². The van der Waals surface area contributed by atoms with Gasteiger partial charge in [0.25, 0.3) is 0 Å². The zero-order valence-corrected chi connectivity index (χ0v) is 12.4. The standard InChI is InChI=1S/C13H19BrN2S/c1-2-3-4-12(13-11(14)5-10-17-13)16-8-6-15-7-9-16/h2,5,10,12,15H,1,3-4,6-9H2/t12-/m0/s1. The minimum Gasteiger partial charge on any atom is -0.314 e. The zero-order valence-electron chi connectivity index (χ0n) is 9.99. The number of nitrogens with one attached hydrogen (secondary N) is 1. The summed E-state index contributed by atoms with van der Waals surface area (Å²) in [6.07, 6.45) is 4.28. The smallest absolute Gasteiger partial charge is 0.0456 e. The average molecular weight is 315 g/mol. The van der Waals surface area contributed by atoms with Gasteiger partial charge in [-0.05, 0) is 40.2 Å². The van der Waals surface area contributed by atoms with Crippen molar-refractivity contribution in [1.29, 1.82) is 0 Å². The van der Waals surface area contributed by atoms with Gasteiger partial charge in [0.2, 0.25) is 0 Å². The number of thiophene rings is 1. The fourth-order valence-electron chi connectivity index (χ4n) is 2.29. The number of hydrogen-bond donors (Lipinski definition) is 1. The molecule has 0 radical (unpaired) electrons. The number of piperazine rings is 1. The van der Waals surface area contributed by atoms with E-state index in [2.05, 4.69) is 44.2 Å². The van der Waals surface area contributed by atoms with Crippen molar-refractivity contribution >= 4 is 27.3 Å². The molecule has 1 fully saturated rings. The molecular weight excluding hydrogens is 296 g/mol. The SMILES string of the molecule is C=CCC[C@@H](c1sccc1Br)N1CCNCC1. The fourth-order valence-corrected chi connectivity index (χ4v) is 4.10. The summed E-state index contributed by atoms with van der Waals surface area (Å²) in [4.78, 5) is 4.06. The molecule has 0 saturated carbocycles. The van der Waals surface area contributed by atoms with Gasteiger partial charge in [-0.2, -0.15) is 0 Å². The highest BCUT2D eigenvalue weighted by Crippen LogP contribution is 2.35. The van der Waals surface area contributed by atoms with Crippen molar-refractivity contribution in [3.05, 3.63) is 33.5 Å². The molecule has 0 bridgehead atoms. The van der Waals surface area contributed by atoms with E-state index in [9.17, 15) is 0 Å². The molecule has 0 aromatic carbocycles. The molecule has 17 heavy (non-hydrogen) atoms. The summed E-state index contributed by atoms with van der Waals surface area (Å²) < 4.78 is 1.26. The Hall–Kier alpha value is -0.160. The van der Waals surface area contributed by atoms with Crippen LogP contribution < -0.4 is 5.32 Å². The molecule has 1 aromatic heterocycles. The van der Waals surface area contributed by atoms with Gasteiger partial charge in [0.15, 0.2) is 0 Å². The Morgan fingerprint density at radius 3 is 2.88 bits per heavy atom. The van der Waals surface area contributed by atoms with Crippen molar-refractivity contribution in [3.8, 4) is 0 Å². The highest BCUT2D eigenvalue weighted by molar-refractivity contribution is 9.10. The molecule has 0 amide bonds. The summed E-state index contributed by atoms with van der Waals surface area (Å²) in [5, 5.41) is 5.58. The zero-order chi connectivity index (χ0) is 12.1. The number of hydrogen-bond acceptors (Lipinski definition) is 3. The monoisotopic (exact) mass is 314 g/mol. The molecule has 2 heterocycles. The van der Waals surface area contributed by atoms with Crippen molar-refractivity contribution in [2.45, 2.75) is 18.9 Å². The Kier molecular flexibility index (Phi) is 5.22. The predicted octanol–water partition coefficient (Wildman–Crippen LogP) is 3.42. The molecule has 0 unspecified atom stereocenters. The Morgan fingerprint density at radius 1 is 1.53 bits per heavy atom. The Morgan fingerprint density at radius 2 is 2.29 bits per heavy atom. The quantitative estimate of drug-likeness (QED) is 0.838. The molecule has 1 atom stereocenters. The third-order valence-corrected chi connectivity index (χ3v) is 5.16. The highest BCUT2D eigenvalue weighted by Gasteiger charge is 2.23. The Labute approximate surface area is 116 Å². The first kappa shape index (κ1) is 13.3. The fraction of sp³-hybridized carbons (Fsp3) is 0.538. The first-order valence-corrected chi connectivity index (χ1v) is 7.78. The maximum Gasteiger partial charge on any atom is 0.0456 e. The molecule has 1 aliphatic heterocycles. The van der Waals surface area contributed by atoms with E-state index in [0.29, 0.717) is 6.04 Å². The summed E-state index contributed by atoms with van der Waals surface area (Å²) in [6.45, 7) is 8.34. The minimum atomic E-state index is 0.546. The normalized spacial score (nSPS) is 19.1.